The summed E-state index contributed by atoms with van der Waals surface area (Å²) in [4.78, 5) is 17.6. The van der Waals surface area contributed by atoms with Crippen molar-refractivity contribution in [1.29, 1.82) is 0 Å². The van der Waals surface area contributed by atoms with Crippen molar-refractivity contribution in [2.75, 3.05) is 32.7 Å². The standard InChI is InChI=1S/C17H31N3O.ClH/c1-17(2)8-5-9-18-15(17)16(21)20-12-6-14(7-13-20)19-10-3-4-11-19;/h14-15,18H,3-13H2,1-2H3;1H. The minimum Gasteiger partial charge on any atom is -0.341 e. The van der Waals surface area contributed by atoms with Crippen molar-refractivity contribution < 1.29 is 4.79 Å². The van der Waals surface area contributed by atoms with Gasteiger partial charge in [0.25, 0.3) is 0 Å². The number of halogens is 1. The van der Waals surface area contributed by atoms with Gasteiger partial charge in [0.2, 0.25) is 5.91 Å². The Morgan fingerprint density at radius 3 is 2.27 bits per heavy atom. The summed E-state index contributed by atoms with van der Waals surface area (Å²) < 4.78 is 0. The Morgan fingerprint density at radius 2 is 1.68 bits per heavy atom. The average molecular weight is 330 g/mol. The van der Waals surface area contributed by atoms with Gasteiger partial charge in [-0.2, -0.15) is 0 Å². The molecule has 0 radical (unpaired) electrons. The van der Waals surface area contributed by atoms with Crippen LogP contribution in [-0.2, 0) is 4.79 Å². The van der Waals surface area contributed by atoms with Crippen LogP contribution in [0.3, 0.4) is 0 Å². The zero-order chi connectivity index (χ0) is 14.9. The summed E-state index contributed by atoms with van der Waals surface area (Å²) in [6.45, 7) is 9.91. The Morgan fingerprint density at radius 1 is 1.05 bits per heavy atom. The second-order valence-electron chi connectivity index (χ2n) is 7.78. The van der Waals surface area contributed by atoms with Gasteiger partial charge in [0.1, 0.15) is 0 Å². The fourth-order valence-corrected chi connectivity index (χ4v) is 4.37. The van der Waals surface area contributed by atoms with E-state index in [1.54, 1.807) is 0 Å². The van der Waals surface area contributed by atoms with E-state index in [4.69, 9.17) is 0 Å². The number of rotatable bonds is 2. The van der Waals surface area contributed by atoms with Crippen molar-refractivity contribution in [3.63, 3.8) is 0 Å². The van der Waals surface area contributed by atoms with E-state index in [1.807, 2.05) is 0 Å². The summed E-state index contributed by atoms with van der Waals surface area (Å²) in [5, 5.41) is 3.47. The lowest BCUT2D eigenvalue weighted by molar-refractivity contribution is -0.139. The molecule has 3 heterocycles. The number of piperidine rings is 2. The van der Waals surface area contributed by atoms with Gasteiger partial charge in [-0.25, -0.2) is 0 Å². The maximum atomic E-state index is 12.8. The highest BCUT2D eigenvalue weighted by atomic mass is 35.5. The summed E-state index contributed by atoms with van der Waals surface area (Å²) in [6, 6.07) is 0.749. The average Bonchev–Trinajstić information content (AvgIpc) is 3.00. The van der Waals surface area contributed by atoms with Crippen LogP contribution in [0.5, 0.6) is 0 Å². The van der Waals surface area contributed by atoms with Gasteiger partial charge in [0.05, 0.1) is 6.04 Å². The molecule has 3 saturated heterocycles. The third kappa shape index (κ3) is 3.77. The van der Waals surface area contributed by atoms with Crippen LogP contribution in [0.4, 0.5) is 0 Å². The van der Waals surface area contributed by atoms with E-state index in [2.05, 4.69) is 29.0 Å². The van der Waals surface area contributed by atoms with E-state index in [9.17, 15) is 4.79 Å². The van der Waals surface area contributed by atoms with Gasteiger partial charge < -0.3 is 15.1 Å². The Hall–Kier alpha value is -0.320. The SMILES string of the molecule is CC1(C)CCCNC1C(=O)N1CCC(N2CCCC2)CC1.Cl. The van der Waals surface area contributed by atoms with E-state index in [-0.39, 0.29) is 23.9 Å². The molecule has 128 valence electrons. The predicted octanol–water partition coefficient (Wildman–Crippen LogP) is 2.27. The van der Waals surface area contributed by atoms with Crippen molar-refractivity contribution in [2.24, 2.45) is 5.41 Å². The molecule has 0 saturated carbocycles. The Bertz CT molecular complexity index is 374. The predicted molar refractivity (Wildman–Crippen MR) is 92.5 cm³/mol. The smallest absolute Gasteiger partial charge is 0.240 e. The quantitative estimate of drug-likeness (QED) is 0.844. The molecule has 1 amide bonds. The van der Waals surface area contributed by atoms with Gasteiger partial charge in [-0.1, -0.05) is 13.8 Å². The molecule has 0 aliphatic carbocycles. The van der Waals surface area contributed by atoms with Crippen LogP contribution in [0.15, 0.2) is 0 Å². The summed E-state index contributed by atoms with van der Waals surface area (Å²) in [6.07, 6.45) is 7.39. The summed E-state index contributed by atoms with van der Waals surface area (Å²) in [5.74, 6) is 0.347. The van der Waals surface area contributed by atoms with Crippen LogP contribution < -0.4 is 5.32 Å². The van der Waals surface area contributed by atoms with Crippen LogP contribution in [-0.4, -0.2) is 60.5 Å². The molecule has 3 aliphatic rings. The normalized spacial score (nSPS) is 30.1. The number of nitrogens with zero attached hydrogens (tertiary/aromatic N) is 2. The van der Waals surface area contributed by atoms with Crippen molar-refractivity contribution in [3.8, 4) is 0 Å². The lowest BCUT2D eigenvalue weighted by Gasteiger charge is -2.43. The highest BCUT2D eigenvalue weighted by Gasteiger charge is 2.40. The zero-order valence-electron chi connectivity index (χ0n) is 14.1. The summed E-state index contributed by atoms with van der Waals surface area (Å²) in [5.41, 5.74) is 0.0983. The molecule has 22 heavy (non-hydrogen) atoms. The molecule has 0 aromatic carbocycles. The zero-order valence-corrected chi connectivity index (χ0v) is 15.0. The van der Waals surface area contributed by atoms with Crippen LogP contribution in [0, 0.1) is 5.41 Å². The van der Waals surface area contributed by atoms with Gasteiger partial charge >= 0.3 is 0 Å². The molecule has 0 bridgehead atoms. The fraction of sp³-hybridized carbons (Fsp3) is 0.941. The third-order valence-electron chi connectivity index (χ3n) is 5.81. The Balaban J connectivity index is 0.00000176. The molecular weight excluding hydrogens is 298 g/mol. The number of hydrogen-bond donors (Lipinski definition) is 1. The topological polar surface area (TPSA) is 35.6 Å². The van der Waals surface area contributed by atoms with Gasteiger partial charge in [0.15, 0.2) is 0 Å². The molecule has 0 aromatic heterocycles. The number of amides is 1. The number of carbonyl (C=O) groups is 1. The number of hydrogen-bond acceptors (Lipinski definition) is 3. The van der Waals surface area contributed by atoms with E-state index in [0.29, 0.717) is 5.91 Å². The van der Waals surface area contributed by atoms with Crippen molar-refractivity contribution in [3.05, 3.63) is 0 Å². The molecule has 1 atom stereocenters. The molecule has 3 rings (SSSR count). The van der Waals surface area contributed by atoms with Gasteiger partial charge in [-0.15, -0.1) is 12.4 Å². The van der Waals surface area contributed by atoms with Crippen molar-refractivity contribution in [2.45, 2.75) is 64.5 Å². The van der Waals surface area contributed by atoms with Crippen LogP contribution in [0.25, 0.3) is 0 Å². The number of nitrogens with one attached hydrogen (secondary N) is 1. The molecule has 0 spiro atoms. The van der Waals surface area contributed by atoms with Gasteiger partial charge in [-0.3, -0.25) is 4.79 Å². The second kappa shape index (κ2) is 7.50. The van der Waals surface area contributed by atoms with Gasteiger partial charge in [0, 0.05) is 19.1 Å². The first-order chi connectivity index (χ1) is 10.1. The van der Waals surface area contributed by atoms with E-state index >= 15 is 0 Å². The highest BCUT2D eigenvalue weighted by Crippen LogP contribution is 2.32. The highest BCUT2D eigenvalue weighted by molar-refractivity contribution is 5.85. The first-order valence-electron chi connectivity index (χ1n) is 8.84. The molecule has 5 heteroatoms. The second-order valence-corrected chi connectivity index (χ2v) is 7.78. The van der Waals surface area contributed by atoms with Crippen molar-refractivity contribution >= 4 is 18.3 Å². The monoisotopic (exact) mass is 329 g/mol. The van der Waals surface area contributed by atoms with E-state index < -0.39 is 0 Å². The first-order valence-corrected chi connectivity index (χ1v) is 8.84. The van der Waals surface area contributed by atoms with Crippen LogP contribution in [0.1, 0.15) is 52.4 Å². The van der Waals surface area contributed by atoms with Crippen LogP contribution >= 0.6 is 12.4 Å². The maximum Gasteiger partial charge on any atom is 0.240 e. The molecule has 1 unspecified atom stereocenters. The number of carbonyl (C=O) groups excluding carboxylic acids is 1. The summed E-state index contributed by atoms with van der Waals surface area (Å²) >= 11 is 0. The lowest BCUT2D eigenvalue weighted by Crippen LogP contribution is -2.58. The third-order valence-corrected chi connectivity index (χ3v) is 5.81. The van der Waals surface area contributed by atoms with Gasteiger partial charge in [-0.05, 0) is 63.6 Å². The molecule has 0 aromatic rings. The summed E-state index contributed by atoms with van der Waals surface area (Å²) in [7, 11) is 0. The van der Waals surface area contributed by atoms with E-state index in [0.717, 1.165) is 32.1 Å². The molecular formula is C17H32ClN3O. The Labute approximate surface area is 141 Å². The minimum absolute atomic E-state index is 0. The lowest BCUT2D eigenvalue weighted by atomic mass is 9.77. The number of likely N-dealkylation sites (tertiary alicyclic amines) is 2. The molecule has 4 nitrogen and oxygen atoms in total. The van der Waals surface area contributed by atoms with Crippen LogP contribution in [0.2, 0.25) is 0 Å². The van der Waals surface area contributed by atoms with Crippen molar-refractivity contribution in [1.82, 2.24) is 15.1 Å². The Kier molecular flexibility index (Phi) is 6.14. The molecule has 3 fully saturated rings. The fourth-order valence-electron chi connectivity index (χ4n) is 4.37. The first kappa shape index (κ1) is 18.0. The maximum absolute atomic E-state index is 12.8. The largest absolute Gasteiger partial charge is 0.341 e. The molecule has 1 N–H and O–H groups in total. The minimum atomic E-state index is 0. The van der Waals surface area contributed by atoms with E-state index in [1.165, 1.54) is 45.2 Å². The molecule has 3 aliphatic heterocycles.